The van der Waals surface area contributed by atoms with Crippen LogP contribution in [0.4, 0.5) is 18.9 Å². The largest absolute Gasteiger partial charge is 0.417 e. The Morgan fingerprint density at radius 3 is 2.87 bits per heavy atom. The van der Waals surface area contributed by atoms with E-state index >= 15 is 0 Å². The van der Waals surface area contributed by atoms with Gasteiger partial charge in [0, 0.05) is 22.5 Å². The maximum absolute atomic E-state index is 12.9. The number of anilines is 1. The first-order chi connectivity index (χ1) is 10.9. The van der Waals surface area contributed by atoms with Crippen molar-refractivity contribution in [1.29, 1.82) is 0 Å². The molecule has 1 amide bonds. The minimum atomic E-state index is -4.56. The molecule has 1 aliphatic heterocycles. The first-order valence-corrected chi connectivity index (χ1v) is 8.10. The van der Waals surface area contributed by atoms with Crippen molar-refractivity contribution in [3.05, 3.63) is 50.2 Å². The molecule has 122 valence electrons. The molecule has 3 rings (SSSR count). The minimum absolute atomic E-state index is 0.0700. The third-order valence-electron chi connectivity index (χ3n) is 3.59. The summed E-state index contributed by atoms with van der Waals surface area (Å²) < 4.78 is 38.6. The molecule has 0 atom stereocenters. The lowest BCUT2D eigenvalue weighted by Gasteiger charge is -2.15. The number of carbonyl (C=O) groups excluding carboxylic acids is 1. The van der Waals surface area contributed by atoms with Crippen molar-refractivity contribution in [1.82, 2.24) is 5.32 Å². The number of hydrogen-bond donors (Lipinski definition) is 2. The molecule has 1 aromatic carbocycles. The van der Waals surface area contributed by atoms with E-state index < -0.39 is 22.7 Å². The van der Waals surface area contributed by atoms with Crippen molar-refractivity contribution >= 4 is 34.5 Å². The van der Waals surface area contributed by atoms with Gasteiger partial charge in [0.15, 0.2) is 0 Å². The van der Waals surface area contributed by atoms with E-state index in [0.29, 0.717) is 12.1 Å². The van der Waals surface area contributed by atoms with E-state index in [1.165, 1.54) is 17.4 Å². The fourth-order valence-corrected chi connectivity index (χ4v) is 3.74. The Balaban J connectivity index is 1.85. The number of benzene rings is 1. The van der Waals surface area contributed by atoms with Crippen molar-refractivity contribution in [2.45, 2.75) is 19.1 Å². The van der Waals surface area contributed by atoms with Crippen molar-refractivity contribution < 1.29 is 18.0 Å². The van der Waals surface area contributed by atoms with E-state index in [4.69, 9.17) is 11.6 Å². The number of alkyl halides is 3. The van der Waals surface area contributed by atoms with Gasteiger partial charge in [0.25, 0.3) is 5.91 Å². The number of fused-ring (bicyclic) bond motifs is 1. The summed E-state index contributed by atoms with van der Waals surface area (Å²) in [5.41, 5.74) is 0.598. The summed E-state index contributed by atoms with van der Waals surface area (Å²) in [6, 6.07) is 3.34. The molecule has 0 aliphatic carbocycles. The molecular weight excluding hydrogens is 349 g/mol. The lowest BCUT2D eigenvalue weighted by atomic mass is 10.0. The first-order valence-electron chi connectivity index (χ1n) is 6.84. The highest BCUT2D eigenvalue weighted by molar-refractivity contribution is 7.10. The Hall–Kier alpha value is -1.57. The molecule has 1 aliphatic rings. The van der Waals surface area contributed by atoms with Crippen LogP contribution in [-0.2, 0) is 19.1 Å². The maximum atomic E-state index is 12.9. The highest BCUT2D eigenvalue weighted by Gasteiger charge is 2.33. The highest BCUT2D eigenvalue weighted by Crippen LogP contribution is 2.36. The zero-order chi connectivity index (χ0) is 16.6. The molecule has 8 heteroatoms. The molecule has 0 saturated carbocycles. The Labute approximate surface area is 139 Å². The molecular formula is C15H12ClF3N2OS. The Kier molecular flexibility index (Phi) is 4.35. The van der Waals surface area contributed by atoms with Gasteiger partial charge in [-0.15, -0.1) is 11.3 Å². The van der Waals surface area contributed by atoms with E-state index in [1.54, 1.807) is 5.38 Å². The SMILES string of the molecule is O=C(Nc1ccc(Cl)c(C(F)(F)F)c1)c1csc2c1CCNC2. The predicted molar refractivity (Wildman–Crippen MR) is 84.1 cm³/mol. The highest BCUT2D eigenvalue weighted by atomic mass is 35.5. The fourth-order valence-electron chi connectivity index (χ4n) is 2.47. The average molecular weight is 361 g/mol. The second-order valence-electron chi connectivity index (χ2n) is 5.12. The standard InChI is InChI=1S/C15H12ClF3N2OS/c16-12-2-1-8(5-11(12)15(17,18)19)21-14(22)10-7-23-13-6-20-4-3-9(10)13/h1-2,5,7,20H,3-4,6H2,(H,21,22). The minimum Gasteiger partial charge on any atom is -0.322 e. The number of rotatable bonds is 2. The van der Waals surface area contributed by atoms with Gasteiger partial charge in [0.2, 0.25) is 0 Å². The van der Waals surface area contributed by atoms with Gasteiger partial charge in [0.1, 0.15) is 0 Å². The summed E-state index contributed by atoms with van der Waals surface area (Å²) in [6.07, 6.45) is -3.83. The number of thiophene rings is 1. The van der Waals surface area contributed by atoms with Crippen LogP contribution in [0, 0.1) is 0 Å². The Morgan fingerprint density at radius 2 is 2.13 bits per heavy atom. The quantitative estimate of drug-likeness (QED) is 0.837. The summed E-state index contributed by atoms with van der Waals surface area (Å²) in [6.45, 7) is 1.50. The van der Waals surface area contributed by atoms with Gasteiger partial charge in [-0.25, -0.2) is 0 Å². The molecule has 0 unspecified atom stereocenters. The second kappa shape index (κ2) is 6.14. The smallest absolute Gasteiger partial charge is 0.322 e. The lowest BCUT2D eigenvalue weighted by molar-refractivity contribution is -0.137. The van der Waals surface area contributed by atoms with Gasteiger partial charge in [0.05, 0.1) is 16.1 Å². The van der Waals surface area contributed by atoms with Gasteiger partial charge in [-0.3, -0.25) is 4.79 Å². The third kappa shape index (κ3) is 3.36. The van der Waals surface area contributed by atoms with Crippen LogP contribution in [0.5, 0.6) is 0 Å². The van der Waals surface area contributed by atoms with Crippen LogP contribution >= 0.6 is 22.9 Å². The van der Waals surface area contributed by atoms with Crippen LogP contribution in [0.3, 0.4) is 0 Å². The predicted octanol–water partition coefficient (Wildman–Crippen LogP) is 4.32. The Morgan fingerprint density at radius 1 is 1.35 bits per heavy atom. The molecule has 23 heavy (non-hydrogen) atoms. The molecule has 2 aromatic rings. The second-order valence-corrected chi connectivity index (χ2v) is 6.50. The monoisotopic (exact) mass is 360 g/mol. The van der Waals surface area contributed by atoms with Gasteiger partial charge in [-0.1, -0.05) is 11.6 Å². The summed E-state index contributed by atoms with van der Waals surface area (Å²) >= 11 is 7.05. The molecule has 2 heterocycles. The number of nitrogens with one attached hydrogen (secondary N) is 2. The number of amides is 1. The molecule has 2 N–H and O–H groups in total. The van der Waals surface area contributed by atoms with Gasteiger partial charge in [-0.2, -0.15) is 13.2 Å². The van der Waals surface area contributed by atoms with E-state index in [0.717, 1.165) is 35.5 Å². The lowest BCUT2D eigenvalue weighted by Crippen LogP contribution is -2.24. The molecule has 0 spiro atoms. The van der Waals surface area contributed by atoms with Gasteiger partial charge in [-0.05, 0) is 36.7 Å². The summed E-state index contributed by atoms with van der Waals surface area (Å²) in [7, 11) is 0. The van der Waals surface area contributed by atoms with Crippen molar-refractivity contribution in [3.63, 3.8) is 0 Å². The van der Waals surface area contributed by atoms with E-state index in [-0.39, 0.29) is 5.69 Å². The normalized spacial score (nSPS) is 14.4. The van der Waals surface area contributed by atoms with Gasteiger partial charge >= 0.3 is 6.18 Å². The van der Waals surface area contributed by atoms with Crippen LogP contribution < -0.4 is 10.6 Å². The van der Waals surface area contributed by atoms with Crippen LogP contribution in [0.2, 0.25) is 5.02 Å². The van der Waals surface area contributed by atoms with E-state index in [9.17, 15) is 18.0 Å². The van der Waals surface area contributed by atoms with Crippen LogP contribution in [0.15, 0.2) is 23.6 Å². The maximum Gasteiger partial charge on any atom is 0.417 e. The Bertz CT molecular complexity index is 758. The zero-order valence-corrected chi connectivity index (χ0v) is 13.3. The van der Waals surface area contributed by atoms with Crippen molar-refractivity contribution in [3.8, 4) is 0 Å². The van der Waals surface area contributed by atoms with Crippen LogP contribution in [0.1, 0.15) is 26.4 Å². The molecule has 0 radical (unpaired) electrons. The van der Waals surface area contributed by atoms with Crippen LogP contribution in [0.25, 0.3) is 0 Å². The molecule has 1 aromatic heterocycles. The van der Waals surface area contributed by atoms with Crippen molar-refractivity contribution in [2.24, 2.45) is 0 Å². The number of hydrogen-bond acceptors (Lipinski definition) is 3. The molecule has 3 nitrogen and oxygen atoms in total. The molecule has 0 fully saturated rings. The third-order valence-corrected chi connectivity index (χ3v) is 4.95. The van der Waals surface area contributed by atoms with E-state index in [2.05, 4.69) is 10.6 Å². The number of carbonyl (C=O) groups is 1. The average Bonchev–Trinajstić information content (AvgIpc) is 2.92. The first kappa shape index (κ1) is 16.3. The number of halogens is 4. The fraction of sp³-hybridized carbons (Fsp3) is 0.267. The molecule has 0 bridgehead atoms. The van der Waals surface area contributed by atoms with Crippen LogP contribution in [-0.4, -0.2) is 12.5 Å². The van der Waals surface area contributed by atoms with E-state index in [1.807, 2.05) is 0 Å². The zero-order valence-electron chi connectivity index (χ0n) is 11.8. The topological polar surface area (TPSA) is 41.1 Å². The van der Waals surface area contributed by atoms with Gasteiger partial charge < -0.3 is 10.6 Å². The summed E-state index contributed by atoms with van der Waals surface area (Å²) in [5.74, 6) is -0.403. The van der Waals surface area contributed by atoms with Crippen molar-refractivity contribution in [2.75, 3.05) is 11.9 Å². The molecule has 0 saturated heterocycles. The summed E-state index contributed by atoms with van der Waals surface area (Å²) in [5, 5.41) is 7.08. The summed E-state index contributed by atoms with van der Waals surface area (Å²) in [4.78, 5) is 13.4.